The number of ether oxygens (including phenoxy) is 1. The number of hydrogen-bond donors (Lipinski definition) is 1. The Labute approximate surface area is 145 Å². The van der Waals surface area contributed by atoms with Crippen molar-refractivity contribution >= 4 is 29.1 Å². The van der Waals surface area contributed by atoms with Gasteiger partial charge < -0.3 is 10.1 Å². The van der Waals surface area contributed by atoms with E-state index < -0.39 is 0 Å². The van der Waals surface area contributed by atoms with E-state index in [4.69, 9.17) is 27.9 Å². The molecule has 2 aromatic rings. The molecule has 1 aromatic heterocycles. The molecule has 2 rings (SSSR count). The number of nitrogens with zero attached hydrogens (tertiary/aromatic N) is 2. The van der Waals surface area contributed by atoms with Gasteiger partial charge in [0, 0.05) is 18.7 Å². The number of rotatable bonds is 7. The number of benzene rings is 1. The number of amides is 1. The van der Waals surface area contributed by atoms with Crippen LogP contribution in [0.15, 0.2) is 24.3 Å². The van der Waals surface area contributed by atoms with Gasteiger partial charge in [0.2, 0.25) is 0 Å². The predicted octanol–water partition coefficient (Wildman–Crippen LogP) is 3.72. The molecule has 7 heteroatoms. The minimum absolute atomic E-state index is 0.117. The summed E-state index contributed by atoms with van der Waals surface area (Å²) in [5, 5.41) is 8.01. The molecule has 0 bridgehead atoms. The van der Waals surface area contributed by atoms with Gasteiger partial charge in [0.1, 0.15) is 15.9 Å². The molecule has 0 spiro atoms. The predicted molar refractivity (Wildman–Crippen MR) is 91.5 cm³/mol. The largest absolute Gasteiger partial charge is 0.494 e. The summed E-state index contributed by atoms with van der Waals surface area (Å²) in [5.74, 6) is 0.637. The van der Waals surface area contributed by atoms with Crippen LogP contribution < -0.4 is 10.1 Å². The van der Waals surface area contributed by atoms with Gasteiger partial charge in [-0.05, 0) is 44.5 Å². The molecule has 0 aliphatic rings. The Kier molecular flexibility index (Phi) is 6.30. The first-order valence-corrected chi connectivity index (χ1v) is 8.18. The van der Waals surface area contributed by atoms with Crippen molar-refractivity contribution in [1.29, 1.82) is 0 Å². The fourth-order valence-corrected chi connectivity index (χ4v) is 2.48. The zero-order valence-electron chi connectivity index (χ0n) is 13.1. The first-order chi connectivity index (χ1) is 11.0. The van der Waals surface area contributed by atoms with Gasteiger partial charge in [0.25, 0.3) is 5.91 Å². The molecule has 0 aliphatic carbocycles. The first kappa shape index (κ1) is 17.6. The zero-order valence-corrected chi connectivity index (χ0v) is 14.6. The van der Waals surface area contributed by atoms with Crippen molar-refractivity contribution in [1.82, 2.24) is 15.1 Å². The van der Waals surface area contributed by atoms with Gasteiger partial charge in [-0.3, -0.25) is 9.48 Å². The minimum Gasteiger partial charge on any atom is -0.494 e. The third kappa shape index (κ3) is 4.62. The highest BCUT2D eigenvalue weighted by Crippen LogP contribution is 2.24. The third-order valence-electron chi connectivity index (χ3n) is 3.26. The van der Waals surface area contributed by atoms with E-state index in [1.807, 2.05) is 6.92 Å². The number of hydrogen-bond acceptors (Lipinski definition) is 3. The quantitative estimate of drug-likeness (QED) is 0.770. The van der Waals surface area contributed by atoms with E-state index in [0.717, 1.165) is 5.75 Å². The normalized spacial score (nSPS) is 10.6. The lowest BCUT2D eigenvalue weighted by Gasteiger charge is -2.07. The summed E-state index contributed by atoms with van der Waals surface area (Å²) in [6.07, 6.45) is 0.708. The summed E-state index contributed by atoms with van der Waals surface area (Å²) in [5.41, 5.74) is 1.31. The number of carbonyl (C=O) groups is 1. The van der Waals surface area contributed by atoms with E-state index >= 15 is 0 Å². The Morgan fingerprint density at radius 1 is 1.30 bits per heavy atom. The fourth-order valence-electron chi connectivity index (χ4n) is 2.08. The van der Waals surface area contributed by atoms with Crippen LogP contribution in [0.3, 0.4) is 0 Å². The molecule has 0 unspecified atom stereocenters. The molecule has 0 aliphatic heterocycles. The minimum atomic E-state index is -0.117. The van der Waals surface area contributed by atoms with Gasteiger partial charge in [-0.2, -0.15) is 5.10 Å². The second kappa shape index (κ2) is 8.22. The monoisotopic (exact) mass is 355 g/mol. The van der Waals surface area contributed by atoms with Crippen LogP contribution in [0.25, 0.3) is 0 Å². The van der Waals surface area contributed by atoms with Crippen molar-refractivity contribution in [2.45, 2.75) is 26.8 Å². The van der Waals surface area contributed by atoms with E-state index in [-0.39, 0.29) is 5.91 Å². The summed E-state index contributed by atoms with van der Waals surface area (Å²) in [6.45, 7) is 5.44. The van der Waals surface area contributed by atoms with Crippen LogP contribution in [0.1, 0.15) is 29.4 Å². The highest BCUT2D eigenvalue weighted by molar-refractivity contribution is 6.41. The molecule has 0 saturated heterocycles. The van der Waals surface area contributed by atoms with E-state index in [1.165, 1.54) is 0 Å². The molecule has 1 heterocycles. The number of halogens is 2. The average Bonchev–Trinajstić information content (AvgIpc) is 2.79. The van der Waals surface area contributed by atoms with Gasteiger partial charge in [0.05, 0.1) is 12.3 Å². The lowest BCUT2D eigenvalue weighted by atomic mass is 10.2. The van der Waals surface area contributed by atoms with Crippen molar-refractivity contribution in [2.24, 2.45) is 0 Å². The maximum absolute atomic E-state index is 12.0. The van der Waals surface area contributed by atoms with Crippen LogP contribution in [0.4, 0.5) is 0 Å². The van der Waals surface area contributed by atoms with Crippen LogP contribution in [-0.4, -0.2) is 28.8 Å². The van der Waals surface area contributed by atoms with Crippen molar-refractivity contribution in [3.8, 4) is 5.75 Å². The summed E-state index contributed by atoms with van der Waals surface area (Å²) in [7, 11) is 0. The summed E-state index contributed by atoms with van der Waals surface area (Å²) in [4.78, 5) is 12.0. The molecule has 0 atom stereocenters. The number of aromatic nitrogens is 2. The Morgan fingerprint density at radius 3 is 2.57 bits per heavy atom. The highest BCUT2D eigenvalue weighted by Gasteiger charge is 2.11. The molecule has 5 nitrogen and oxygen atoms in total. The SMILES string of the molecule is CCOc1ccc(C(=O)NCCCn2nc(C)c(Cl)c2Cl)cc1. The van der Waals surface area contributed by atoms with Crippen LogP contribution in [0, 0.1) is 6.92 Å². The van der Waals surface area contributed by atoms with Crippen LogP contribution in [0.5, 0.6) is 5.75 Å². The number of aryl methyl sites for hydroxylation is 2. The number of carbonyl (C=O) groups excluding carboxylic acids is 1. The molecular weight excluding hydrogens is 337 g/mol. The molecule has 0 fully saturated rings. The van der Waals surface area contributed by atoms with Crippen LogP contribution >= 0.6 is 23.2 Å². The molecule has 0 saturated carbocycles. The van der Waals surface area contributed by atoms with E-state index in [1.54, 1.807) is 35.9 Å². The van der Waals surface area contributed by atoms with Crippen LogP contribution in [-0.2, 0) is 6.54 Å². The Hall–Kier alpha value is -1.72. The van der Waals surface area contributed by atoms with Crippen LogP contribution in [0.2, 0.25) is 10.2 Å². The van der Waals surface area contributed by atoms with Crippen molar-refractivity contribution in [2.75, 3.05) is 13.2 Å². The number of nitrogens with one attached hydrogen (secondary N) is 1. The summed E-state index contributed by atoms with van der Waals surface area (Å²) < 4.78 is 6.99. The van der Waals surface area contributed by atoms with Gasteiger partial charge >= 0.3 is 0 Å². The highest BCUT2D eigenvalue weighted by atomic mass is 35.5. The summed E-state index contributed by atoms with van der Waals surface area (Å²) >= 11 is 12.0. The van der Waals surface area contributed by atoms with Crippen molar-refractivity contribution in [3.63, 3.8) is 0 Å². The second-order valence-corrected chi connectivity index (χ2v) is 5.72. The Morgan fingerprint density at radius 2 is 2.00 bits per heavy atom. The molecule has 1 N–H and O–H groups in total. The molecule has 124 valence electrons. The molecular formula is C16H19Cl2N3O2. The molecule has 0 radical (unpaired) electrons. The van der Waals surface area contributed by atoms with E-state index in [0.29, 0.717) is 47.6 Å². The maximum atomic E-state index is 12.0. The van der Waals surface area contributed by atoms with Crippen molar-refractivity contribution in [3.05, 3.63) is 45.7 Å². The molecule has 1 aromatic carbocycles. The van der Waals surface area contributed by atoms with E-state index in [2.05, 4.69) is 10.4 Å². The van der Waals surface area contributed by atoms with Gasteiger partial charge in [-0.1, -0.05) is 23.2 Å². The third-order valence-corrected chi connectivity index (χ3v) is 4.19. The fraction of sp³-hybridized carbons (Fsp3) is 0.375. The molecule has 23 heavy (non-hydrogen) atoms. The van der Waals surface area contributed by atoms with Gasteiger partial charge in [0.15, 0.2) is 0 Å². The van der Waals surface area contributed by atoms with Gasteiger partial charge in [-0.25, -0.2) is 0 Å². The second-order valence-electron chi connectivity index (χ2n) is 4.98. The molecule has 1 amide bonds. The Bertz CT molecular complexity index is 669. The van der Waals surface area contributed by atoms with Crippen molar-refractivity contribution < 1.29 is 9.53 Å². The topological polar surface area (TPSA) is 56.1 Å². The standard InChI is InChI=1S/C16H19Cl2N3O2/c1-3-23-13-7-5-12(6-8-13)16(22)19-9-4-10-21-15(18)14(17)11(2)20-21/h5-8H,3-4,9-10H2,1-2H3,(H,19,22). The lowest BCUT2D eigenvalue weighted by molar-refractivity contribution is 0.0952. The zero-order chi connectivity index (χ0) is 16.8. The first-order valence-electron chi connectivity index (χ1n) is 7.42. The lowest BCUT2D eigenvalue weighted by Crippen LogP contribution is -2.25. The maximum Gasteiger partial charge on any atom is 0.251 e. The average molecular weight is 356 g/mol. The van der Waals surface area contributed by atoms with E-state index in [9.17, 15) is 4.79 Å². The Balaban J connectivity index is 1.79. The van der Waals surface area contributed by atoms with Gasteiger partial charge in [-0.15, -0.1) is 0 Å². The smallest absolute Gasteiger partial charge is 0.251 e. The summed E-state index contributed by atoms with van der Waals surface area (Å²) in [6, 6.07) is 7.06.